The molecule has 1 unspecified atom stereocenters. The first kappa shape index (κ1) is 14.8. The molecule has 1 saturated carbocycles. The third-order valence-electron chi connectivity index (χ3n) is 5.82. The van der Waals surface area contributed by atoms with Gasteiger partial charge in [0.2, 0.25) is 0 Å². The van der Waals surface area contributed by atoms with Crippen LogP contribution in [0.1, 0.15) is 45.3 Å². The Morgan fingerprint density at radius 2 is 2.21 bits per heavy atom. The summed E-state index contributed by atoms with van der Waals surface area (Å²) in [5.74, 6) is 1.88. The van der Waals surface area contributed by atoms with Gasteiger partial charge in [0.05, 0.1) is 7.11 Å². The molecule has 24 heavy (non-hydrogen) atoms. The molecule has 4 heteroatoms. The van der Waals surface area contributed by atoms with E-state index >= 15 is 0 Å². The Labute approximate surface area is 146 Å². The van der Waals surface area contributed by atoms with Crippen molar-refractivity contribution in [2.45, 2.75) is 44.7 Å². The molecule has 1 aliphatic carbocycles. The van der Waals surface area contributed by atoms with Crippen LogP contribution in [-0.4, -0.2) is 23.7 Å². The van der Waals surface area contributed by atoms with E-state index in [0.29, 0.717) is 11.8 Å². The average molecular weight is 341 g/mol. The van der Waals surface area contributed by atoms with Gasteiger partial charge in [-0.05, 0) is 61.3 Å². The Balaban J connectivity index is 1.50. The van der Waals surface area contributed by atoms with Crippen molar-refractivity contribution in [3.8, 4) is 11.5 Å². The Hall–Kier alpha value is -1.52. The minimum atomic E-state index is 0.259. The van der Waals surface area contributed by atoms with Crippen molar-refractivity contribution >= 4 is 11.3 Å². The zero-order valence-corrected chi connectivity index (χ0v) is 14.9. The van der Waals surface area contributed by atoms with E-state index in [4.69, 9.17) is 4.74 Å². The first-order valence-corrected chi connectivity index (χ1v) is 9.78. The maximum atomic E-state index is 10.1. The minimum Gasteiger partial charge on any atom is -0.504 e. The molecule has 0 bridgehead atoms. The highest BCUT2D eigenvalue weighted by molar-refractivity contribution is 7.12. The zero-order chi connectivity index (χ0) is 16.3. The number of methoxy groups -OCH3 is 1. The van der Waals surface area contributed by atoms with Gasteiger partial charge in [-0.25, -0.2) is 0 Å². The van der Waals surface area contributed by atoms with Crippen LogP contribution in [0.5, 0.6) is 11.5 Å². The van der Waals surface area contributed by atoms with Gasteiger partial charge in [-0.1, -0.05) is 6.07 Å². The molecule has 0 spiro atoms. The van der Waals surface area contributed by atoms with Crippen LogP contribution >= 0.6 is 11.3 Å². The van der Waals surface area contributed by atoms with Gasteiger partial charge in [0.25, 0.3) is 0 Å². The molecule has 3 nitrogen and oxygen atoms in total. The van der Waals surface area contributed by atoms with Crippen LogP contribution in [0.2, 0.25) is 0 Å². The van der Waals surface area contributed by atoms with E-state index < -0.39 is 0 Å². The van der Waals surface area contributed by atoms with Gasteiger partial charge in [-0.2, -0.15) is 0 Å². The summed E-state index contributed by atoms with van der Waals surface area (Å²) < 4.78 is 5.47. The molecule has 126 valence electrons. The summed E-state index contributed by atoms with van der Waals surface area (Å²) in [4.78, 5) is 5.78. The van der Waals surface area contributed by atoms with Crippen LogP contribution in [0.4, 0.5) is 0 Å². The maximum Gasteiger partial charge on any atom is 0.165 e. The van der Waals surface area contributed by atoms with Crippen LogP contribution in [0.15, 0.2) is 18.2 Å². The van der Waals surface area contributed by atoms with Gasteiger partial charge in [-0.15, -0.1) is 11.3 Å². The predicted molar refractivity (Wildman–Crippen MR) is 96.0 cm³/mol. The monoisotopic (exact) mass is 341 g/mol. The van der Waals surface area contributed by atoms with Gasteiger partial charge in [0.15, 0.2) is 11.5 Å². The molecule has 3 aliphatic rings. The van der Waals surface area contributed by atoms with Gasteiger partial charge in [0, 0.05) is 34.4 Å². The van der Waals surface area contributed by atoms with Crippen molar-refractivity contribution in [3.63, 3.8) is 0 Å². The quantitative estimate of drug-likeness (QED) is 0.913. The zero-order valence-electron chi connectivity index (χ0n) is 14.0. The SMILES string of the molecule is COc1c(O)ccc2c1CN1CCc3sc(CC4CC4)cc3C1C2. The molecule has 0 radical (unpaired) electrons. The molecular formula is C20H23NO2S. The number of thiophene rings is 1. The van der Waals surface area contributed by atoms with Crippen molar-refractivity contribution in [3.05, 3.63) is 44.6 Å². The Morgan fingerprint density at radius 3 is 3.00 bits per heavy atom. The predicted octanol–water partition coefficient (Wildman–Crippen LogP) is 4.07. The fourth-order valence-corrected chi connectivity index (χ4v) is 5.70. The highest BCUT2D eigenvalue weighted by Gasteiger charge is 2.35. The van der Waals surface area contributed by atoms with Gasteiger partial charge >= 0.3 is 0 Å². The fraction of sp³-hybridized carbons (Fsp3) is 0.500. The second-order valence-corrected chi connectivity index (χ2v) is 8.66. The van der Waals surface area contributed by atoms with Gasteiger partial charge < -0.3 is 9.84 Å². The van der Waals surface area contributed by atoms with Crippen LogP contribution in [0.25, 0.3) is 0 Å². The topological polar surface area (TPSA) is 32.7 Å². The van der Waals surface area contributed by atoms with E-state index in [9.17, 15) is 5.11 Å². The Kier molecular flexibility index (Phi) is 3.39. The number of ether oxygens (including phenoxy) is 1. The minimum absolute atomic E-state index is 0.259. The van der Waals surface area contributed by atoms with Crippen LogP contribution in [0, 0.1) is 5.92 Å². The highest BCUT2D eigenvalue weighted by Crippen LogP contribution is 2.46. The number of benzene rings is 1. The molecule has 5 rings (SSSR count). The van der Waals surface area contributed by atoms with Crippen LogP contribution < -0.4 is 4.74 Å². The molecule has 1 fully saturated rings. The van der Waals surface area contributed by atoms with E-state index in [-0.39, 0.29) is 5.75 Å². The average Bonchev–Trinajstić information content (AvgIpc) is 3.29. The number of rotatable bonds is 3. The normalized spacial score (nSPS) is 22.6. The largest absolute Gasteiger partial charge is 0.504 e. The lowest BCUT2D eigenvalue weighted by Gasteiger charge is -2.40. The summed E-state index contributed by atoms with van der Waals surface area (Å²) in [5, 5.41) is 10.1. The third kappa shape index (κ3) is 2.35. The second kappa shape index (κ2) is 5.50. The third-order valence-corrected chi connectivity index (χ3v) is 7.05. The van der Waals surface area contributed by atoms with E-state index in [2.05, 4.69) is 28.4 Å². The molecule has 2 aromatic rings. The number of phenols is 1. The Bertz CT molecular complexity index is 793. The molecule has 0 amide bonds. The first-order valence-electron chi connectivity index (χ1n) is 8.96. The molecule has 1 aromatic carbocycles. The maximum absolute atomic E-state index is 10.1. The van der Waals surface area contributed by atoms with Crippen molar-refractivity contribution in [1.82, 2.24) is 4.90 Å². The van der Waals surface area contributed by atoms with Crippen molar-refractivity contribution in [1.29, 1.82) is 0 Å². The summed E-state index contributed by atoms with van der Waals surface area (Å²) in [6.07, 6.45) is 6.34. The number of hydrogen-bond donors (Lipinski definition) is 1. The standard InChI is InChI=1S/C20H23NO2S/c1-23-20-16-11-21-7-6-19-15(10-14(24-19)8-12-2-3-12)17(21)9-13(16)4-5-18(20)22/h4-5,10,12,17,22H,2-3,6-9,11H2,1H3. The molecule has 1 atom stereocenters. The van der Waals surface area contributed by atoms with Gasteiger partial charge in [0.1, 0.15) is 0 Å². The lowest BCUT2D eigenvalue weighted by Crippen LogP contribution is -2.38. The molecule has 2 aliphatic heterocycles. The lowest BCUT2D eigenvalue weighted by atomic mass is 9.86. The summed E-state index contributed by atoms with van der Waals surface area (Å²) in [7, 11) is 1.65. The molecule has 0 saturated heterocycles. The summed E-state index contributed by atoms with van der Waals surface area (Å²) in [6.45, 7) is 1.99. The summed E-state index contributed by atoms with van der Waals surface area (Å²) in [6, 6.07) is 6.86. The summed E-state index contributed by atoms with van der Waals surface area (Å²) in [5.41, 5.74) is 4.07. The number of fused-ring (bicyclic) bond motifs is 4. The van der Waals surface area contributed by atoms with E-state index in [1.54, 1.807) is 28.5 Å². The van der Waals surface area contributed by atoms with Crippen LogP contribution in [0.3, 0.4) is 0 Å². The van der Waals surface area contributed by atoms with Crippen molar-refractivity contribution < 1.29 is 9.84 Å². The fourth-order valence-electron chi connectivity index (χ4n) is 4.37. The molecule has 3 heterocycles. The smallest absolute Gasteiger partial charge is 0.165 e. The second-order valence-electron chi connectivity index (χ2n) is 7.43. The van der Waals surface area contributed by atoms with E-state index in [0.717, 1.165) is 31.8 Å². The van der Waals surface area contributed by atoms with Crippen molar-refractivity contribution in [2.75, 3.05) is 13.7 Å². The number of nitrogens with zero attached hydrogens (tertiary/aromatic N) is 1. The number of phenolic OH excluding ortho intramolecular Hbond substituents is 1. The van der Waals surface area contributed by atoms with E-state index in [1.165, 1.54) is 30.4 Å². The molecule has 1 aromatic heterocycles. The molecular weight excluding hydrogens is 318 g/mol. The van der Waals surface area contributed by atoms with Gasteiger partial charge in [-0.3, -0.25) is 4.90 Å². The van der Waals surface area contributed by atoms with Crippen molar-refractivity contribution in [2.24, 2.45) is 5.92 Å². The molecule has 1 N–H and O–H groups in total. The highest BCUT2D eigenvalue weighted by atomic mass is 32.1. The van der Waals surface area contributed by atoms with Crippen LogP contribution in [-0.2, 0) is 25.8 Å². The van der Waals surface area contributed by atoms with E-state index in [1.807, 2.05) is 0 Å². The number of aromatic hydroxyl groups is 1. The first-order chi connectivity index (χ1) is 11.7. The summed E-state index contributed by atoms with van der Waals surface area (Å²) >= 11 is 2.06. The Morgan fingerprint density at radius 1 is 1.33 bits per heavy atom. The lowest BCUT2D eigenvalue weighted by molar-refractivity contribution is 0.159. The number of hydrogen-bond acceptors (Lipinski definition) is 4.